The lowest BCUT2D eigenvalue weighted by Gasteiger charge is -2.05. The van der Waals surface area contributed by atoms with Crippen molar-refractivity contribution in [1.82, 2.24) is 19.7 Å². The number of aromatic amines is 2. The molecule has 9 heteroatoms. The number of nitrogens with zero attached hydrogens (tertiary/aromatic N) is 2. The van der Waals surface area contributed by atoms with Gasteiger partial charge >= 0.3 is 0 Å². The van der Waals surface area contributed by atoms with Gasteiger partial charge in [-0.15, -0.1) is 11.3 Å². The average Bonchev–Trinajstić information content (AvgIpc) is 3.49. The summed E-state index contributed by atoms with van der Waals surface area (Å²) in [7, 11) is 0. The summed E-state index contributed by atoms with van der Waals surface area (Å²) in [6, 6.07) is 15.1. The molecule has 0 fully saturated rings. The summed E-state index contributed by atoms with van der Waals surface area (Å²) in [5.41, 5.74) is 2.72. The van der Waals surface area contributed by atoms with E-state index in [0.29, 0.717) is 33.4 Å². The fourth-order valence-corrected chi connectivity index (χ4v) is 4.42. The first-order valence-corrected chi connectivity index (χ1v) is 10.6. The second kappa shape index (κ2) is 7.90. The number of benzene rings is 1. The normalized spacial score (nSPS) is 11.1. The average molecular weight is 450 g/mol. The highest BCUT2D eigenvalue weighted by molar-refractivity contribution is 7.16. The largest absolute Gasteiger partial charge is 0.354 e. The van der Waals surface area contributed by atoms with E-state index in [9.17, 15) is 9.59 Å². The van der Waals surface area contributed by atoms with Crippen LogP contribution >= 0.6 is 22.9 Å². The van der Waals surface area contributed by atoms with Crippen molar-refractivity contribution in [3.05, 3.63) is 92.3 Å². The van der Waals surface area contributed by atoms with Gasteiger partial charge in [0.1, 0.15) is 0 Å². The zero-order valence-corrected chi connectivity index (χ0v) is 17.6. The number of halogens is 1. The molecule has 0 aliphatic rings. The lowest BCUT2D eigenvalue weighted by Crippen LogP contribution is -2.15. The summed E-state index contributed by atoms with van der Waals surface area (Å²) in [6.45, 7) is 0.536. The Kier molecular flexibility index (Phi) is 4.93. The number of nitrogens with one attached hydrogen (secondary N) is 3. The van der Waals surface area contributed by atoms with E-state index >= 15 is 0 Å². The molecule has 0 unspecified atom stereocenters. The number of para-hydroxylation sites is 1. The van der Waals surface area contributed by atoms with Crippen molar-refractivity contribution in [3.63, 3.8) is 0 Å². The number of thiophene rings is 1. The fourth-order valence-electron chi connectivity index (χ4n) is 3.34. The maximum Gasteiger partial charge on any atom is 0.258 e. The lowest BCUT2D eigenvalue weighted by atomic mass is 10.2. The molecule has 0 bridgehead atoms. The van der Waals surface area contributed by atoms with Gasteiger partial charge in [0.25, 0.3) is 11.5 Å². The van der Waals surface area contributed by atoms with Gasteiger partial charge in [-0.25, -0.2) is 0 Å². The summed E-state index contributed by atoms with van der Waals surface area (Å²) in [6.07, 6.45) is 4.66. The summed E-state index contributed by atoms with van der Waals surface area (Å²) in [5, 5.41) is 8.06. The highest BCUT2D eigenvalue weighted by atomic mass is 35.5. The van der Waals surface area contributed by atoms with E-state index in [1.165, 1.54) is 23.7 Å². The Morgan fingerprint density at radius 2 is 2.06 bits per heavy atom. The van der Waals surface area contributed by atoms with Crippen LogP contribution in [0, 0.1) is 0 Å². The molecule has 0 atom stereocenters. The zero-order valence-electron chi connectivity index (χ0n) is 16.1. The van der Waals surface area contributed by atoms with Gasteiger partial charge in [0, 0.05) is 28.2 Å². The molecular weight excluding hydrogens is 434 g/mol. The van der Waals surface area contributed by atoms with Crippen LogP contribution in [0.4, 0.5) is 5.69 Å². The molecule has 0 aliphatic heterocycles. The van der Waals surface area contributed by atoms with E-state index in [-0.39, 0.29) is 11.5 Å². The van der Waals surface area contributed by atoms with Crippen LogP contribution in [-0.4, -0.2) is 25.7 Å². The number of aromatic nitrogens is 4. The second-order valence-corrected chi connectivity index (χ2v) is 8.79. The Morgan fingerprint density at radius 1 is 1.19 bits per heavy atom. The van der Waals surface area contributed by atoms with Gasteiger partial charge in [0.15, 0.2) is 0 Å². The third-order valence-corrected chi connectivity index (χ3v) is 6.04. The maximum absolute atomic E-state index is 12.7. The smallest absolute Gasteiger partial charge is 0.258 e. The van der Waals surface area contributed by atoms with Crippen molar-refractivity contribution in [2.24, 2.45) is 0 Å². The predicted molar refractivity (Wildman–Crippen MR) is 123 cm³/mol. The minimum Gasteiger partial charge on any atom is -0.354 e. The first kappa shape index (κ1) is 19.3. The third kappa shape index (κ3) is 4.03. The van der Waals surface area contributed by atoms with Crippen LogP contribution in [0.15, 0.2) is 71.9 Å². The fraction of sp³-hybridized carbons (Fsp3) is 0.0455. The molecule has 7 nitrogen and oxygen atoms in total. The predicted octanol–water partition coefficient (Wildman–Crippen LogP) is 4.74. The molecule has 0 aliphatic carbocycles. The van der Waals surface area contributed by atoms with Crippen LogP contribution in [0.3, 0.4) is 0 Å². The zero-order chi connectivity index (χ0) is 21.4. The van der Waals surface area contributed by atoms with Gasteiger partial charge in [-0.1, -0.05) is 29.8 Å². The van der Waals surface area contributed by atoms with Crippen LogP contribution < -0.4 is 10.9 Å². The number of amides is 1. The standard InChI is InChI=1S/C22H16ClN5O2S/c23-20-6-5-16(31-20)12-28-11-14(9-25-28)21(29)26-15-8-17(22(30)24-10-15)19-7-13-3-1-2-4-18(13)27-19/h1-11,27H,12H2,(H,24,30)(H,26,29). The number of carbonyl (C=O) groups excluding carboxylic acids is 1. The highest BCUT2D eigenvalue weighted by Crippen LogP contribution is 2.24. The van der Waals surface area contributed by atoms with Crippen molar-refractivity contribution in [3.8, 4) is 11.3 Å². The second-order valence-electron chi connectivity index (χ2n) is 6.99. The maximum atomic E-state index is 12.7. The minimum absolute atomic E-state index is 0.244. The van der Waals surface area contributed by atoms with Crippen LogP contribution in [-0.2, 0) is 6.54 Å². The highest BCUT2D eigenvalue weighted by Gasteiger charge is 2.13. The van der Waals surface area contributed by atoms with Crippen molar-refractivity contribution in [2.75, 3.05) is 5.32 Å². The number of carbonyl (C=O) groups is 1. The van der Waals surface area contributed by atoms with Gasteiger partial charge in [-0.2, -0.15) is 5.10 Å². The van der Waals surface area contributed by atoms with E-state index in [2.05, 4.69) is 20.4 Å². The number of fused-ring (bicyclic) bond motifs is 1. The molecule has 3 N–H and O–H groups in total. The number of hydrogen-bond acceptors (Lipinski definition) is 4. The number of anilines is 1. The molecule has 0 saturated carbocycles. The molecule has 5 aromatic rings. The van der Waals surface area contributed by atoms with Gasteiger partial charge in [0.2, 0.25) is 0 Å². The van der Waals surface area contributed by atoms with Crippen molar-refractivity contribution >= 4 is 45.4 Å². The molecule has 5 rings (SSSR count). The van der Waals surface area contributed by atoms with Gasteiger partial charge in [0.05, 0.1) is 39.6 Å². The van der Waals surface area contributed by atoms with E-state index in [0.717, 1.165) is 15.8 Å². The number of rotatable bonds is 5. The Bertz CT molecular complexity index is 1430. The number of pyridine rings is 1. The van der Waals surface area contributed by atoms with Crippen LogP contribution in [0.5, 0.6) is 0 Å². The molecule has 0 saturated heterocycles. The lowest BCUT2D eigenvalue weighted by molar-refractivity contribution is 0.102. The Balaban J connectivity index is 1.36. The van der Waals surface area contributed by atoms with E-state index in [1.54, 1.807) is 16.9 Å². The van der Waals surface area contributed by atoms with Crippen LogP contribution in [0.1, 0.15) is 15.2 Å². The third-order valence-electron chi connectivity index (χ3n) is 4.82. The Labute approximate surface area is 185 Å². The Hall–Kier alpha value is -3.62. The quantitative estimate of drug-likeness (QED) is 0.361. The molecule has 4 aromatic heterocycles. The van der Waals surface area contributed by atoms with Crippen molar-refractivity contribution in [1.29, 1.82) is 0 Å². The van der Waals surface area contributed by atoms with E-state index in [1.807, 2.05) is 42.5 Å². The molecule has 1 amide bonds. The molecule has 154 valence electrons. The summed E-state index contributed by atoms with van der Waals surface area (Å²) >= 11 is 7.43. The molecule has 4 heterocycles. The Morgan fingerprint density at radius 3 is 2.87 bits per heavy atom. The van der Waals surface area contributed by atoms with Crippen LogP contribution in [0.2, 0.25) is 4.34 Å². The minimum atomic E-state index is -0.315. The first-order chi connectivity index (χ1) is 15.0. The van der Waals surface area contributed by atoms with Gasteiger partial charge < -0.3 is 15.3 Å². The van der Waals surface area contributed by atoms with E-state index in [4.69, 9.17) is 11.6 Å². The number of H-pyrrole nitrogens is 2. The van der Waals surface area contributed by atoms with Crippen molar-refractivity contribution < 1.29 is 4.79 Å². The molecular formula is C22H16ClN5O2S. The topological polar surface area (TPSA) is 95.6 Å². The molecule has 1 aromatic carbocycles. The molecule has 0 radical (unpaired) electrons. The monoisotopic (exact) mass is 449 g/mol. The van der Waals surface area contributed by atoms with Crippen LogP contribution in [0.25, 0.3) is 22.2 Å². The SMILES string of the molecule is O=C(Nc1c[nH]c(=O)c(-c2cc3ccccc3[nH]2)c1)c1cnn(Cc2ccc(Cl)s2)c1. The summed E-state index contributed by atoms with van der Waals surface area (Å²) in [4.78, 5) is 32.0. The molecule has 31 heavy (non-hydrogen) atoms. The van der Waals surface area contributed by atoms with Gasteiger partial charge in [-0.3, -0.25) is 14.3 Å². The summed E-state index contributed by atoms with van der Waals surface area (Å²) < 4.78 is 2.39. The van der Waals surface area contributed by atoms with Gasteiger partial charge in [-0.05, 0) is 30.3 Å². The number of hydrogen-bond donors (Lipinski definition) is 3. The summed E-state index contributed by atoms with van der Waals surface area (Å²) in [5.74, 6) is -0.315. The molecule has 0 spiro atoms. The first-order valence-electron chi connectivity index (χ1n) is 9.44. The van der Waals surface area contributed by atoms with Crippen molar-refractivity contribution in [2.45, 2.75) is 6.54 Å². The van der Waals surface area contributed by atoms with E-state index < -0.39 is 0 Å².